The highest BCUT2D eigenvalue weighted by Gasteiger charge is 2.19. The minimum atomic E-state index is 0.0849. The molecule has 29 heavy (non-hydrogen) atoms. The lowest BCUT2D eigenvalue weighted by Gasteiger charge is -2.26. The number of hydrogen-bond acceptors (Lipinski definition) is 2. The standard InChI is InChI=1S/C25H24N2O2/c1-17-13-19(14-18-5-3-2-4-6-18)15-22-21-16-20(7-8-23(21)26-24(17)22)25(28)27-9-11-29-12-10-27/h2-8,13,15-16,26H,9-12,14H2,1H3. The normalized spacial score (nSPS) is 14.6. The molecule has 1 aliphatic heterocycles. The van der Waals surface area contributed by atoms with Crippen LogP contribution < -0.4 is 0 Å². The number of nitrogens with one attached hydrogen (secondary N) is 1. The Bertz CT molecular complexity index is 1190. The number of aromatic nitrogens is 1. The molecular formula is C25H24N2O2. The third-order valence-corrected chi connectivity index (χ3v) is 5.76. The molecule has 1 fully saturated rings. The van der Waals surface area contributed by atoms with E-state index in [-0.39, 0.29) is 5.91 Å². The van der Waals surface area contributed by atoms with Crippen molar-refractivity contribution in [1.82, 2.24) is 9.88 Å². The summed E-state index contributed by atoms with van der Waals surface area (Å²) in [5, 5.41) is 2.29. The molecule has 3 aromatic carbocycles. The summed E-state index contributed by atoms with van der Waals surface area (Å²) in [7, 11) is 0. The van der Waals surface area contributed by atoms with Crippen LogP contribution in [-0.2, 0) is 11.2 Å². The van der Waals surface area contributed by atoms with Crippen LogP contribution in [-0.4, -0.2) is 42.1 Å². The van der Waals surface area contributed by atoms with E-state index < -0.39 is 0 Å². The maximum atomic E-state index is 12.9. The highest BCUT2D eigenvalue weighted by molar-refractivity contribution is 6.11. The number of carbonyl (C=O) groups excluding carboxylic acids is 1. The van der Waals surface area contributed by atoms with Crippen molar-refractivity contribution < 1.29 is 9.53 Å². The van der Waals surface area contributed by atoms with Crippen molar-refractivity contribution in [3.63, 3.8) is 0 Å². The molecule has 4 aromatic rings. The highest BCUT2D eigenvalue weighted by Crippen LogP contribution is 2.30. The summed E-state index contributed by atoms with van der Waals surface area (Å²) in [6.07, 6.45) is 0.899. The average Bonchev–Trinajstić information content (AvgIpc) is 3.13. The maximum Gasteiger partial charge on any atom is 0.254 e. The number of benzene rings is 3. The van der Waals surface area contributed by atoms with Crippen molar-refractivity contribution in [2.45, 2.75) is 13.3 Å². The monoisotopic (exact) mass is 384 g/mol. The smallest absolute Gasteiger partial charge is 0.254 e. The molecule has 0 aliphatic carbocycles. The van der Waals surface area contributed by atoms with Gasteiger partial charge in [-0.2, -0.15) is 0 Å². The summed E-state index contributed by atoms with van der Waals surface area (Å²) in [5.74, 6) is 0.0849. The number of ether oxygens (including phenoxy) is 1. The molecule has 146 valence electrons. The number of carbonyl (C=O) groups is 1. The Hall–Kier alpha value is -3.11. The molecule has 0 radical (unpaired) electrons. The number of fused-ring (bicyclic) bond motifs is 3. The maximum absolute atomic E-state index is 12.9. The molecule has 1 aromatic heterocycles. The fourth-order valence-electron chi connectivity index (χ4n) is 4.27. The van der Waals surface area contributed by atoms with Crippen molar-refractivity contribution in [2.75, 3.05) is 26.3 Å². The largest absolute Gasteiger partial charge is 0.378 e. The Balaban J connectivity index is 1.56. The van der Waals surface area contributed by atoms with E-state index in [2.05, 4.69) is 48.3 Å². The van der Waals surface area contributed by atoms with Crippen LogP contribution in [0.4, 0.5) is 0 Å². The van der Waals surface area contributed by atoms with Gasteiger partial charge in [-0.1, -0.05) is 36.4 Å². The minimum Gasteiger partial charge on any atom is -0.378 e. The lowest BCUT2D eigenvalue weighted by Crippen LogP contribution is -2.40. The molecular weight excluding hydrogens is 360 g/mol. The van der Waals surface area contributed by atoms with Crippen molar-refractivity contribution >= 4 is 27.7 Å². The van der Waals surface area contributed by atoms with Crippen molar-refractivity contribution in [2.24, 2.45) is 0 Å². The summed E-state index contributed by atoms with van der Waals surface area (Å²) in [4.78, 5) is 18.4. The van der Waals surface area contributed by atoms with Crippen LogP contribution in [0.25, 0.3) is 21.8 Å². The number of rotatable bonds is 3. The summed E-state index contributed by atoms with van der Waals surface area (Å²) in [5.41, 5.74) is 6.77. The minimum absolute atomic E-state index is 0.0849. The van der Waals surface area contributed by atoms with Crippen LogP contribution in [0, 0.1) is 6.92 Å². The van der Waals surface area contributed by atoms with Gasteiger partial charge in [0, 0.05) is 40.5 Å². The number of morpholine rings is 1. The zero-order chi connectivity index (χ0) is 19.8. The molecule has 0 bridgehead atoms. The lowest BCUT2D eigenvalue weighted by molar-refractivity contribution is 0.0303. The fourth-order valence-corrected chi connectivity index (χ4v) is 4.27. The number of nitrogens with zero attached hydrogens (tertiary/aromatic N) is 1. The number of hydrogen-bond donors (Lipinski definition) is 1. The quantitative estimate of drug-likeness (QED) is 0.557. The molecule has 1 saturated heterocycles. The van der Waals surface area contributed by atoms with E-state index in [0.717, 1.165) is 28.4 Å². The Morgan fingerprint density at radius 3 is 2.55 bits per heavy atom. The topological polar surface area (TPSA) is 45.3 Å². The van der Waals surface area contributed by atoms with Crippen LogP contribution in [0.15, 0.2) is 60.7 Å². The molecule has 0 unspecified atom stereocenters. The molecule has 4 nitrogen and oxygen atoms in total. The van der Waals surface area contributed by atoms with Crippen LogP contribution in [0.1, 0.15) is 27.0 Å². The third-order valence-electron chi connectivity index (χ3n) is 5.76. The van der Waals surface area contributed by atoms with Crippen LogP contribution in [0.3, 0.4) is 0 Å². The van der Waals surface area contributed by atoms with Gasteiger partial charge in [-0.25, -0.2) is 0 Å². The SMILES string of the molecule is Cc1cc(Cc2ccccc2)cc2c1[nH]c1ccc(C(=O)N3CCOCC3)cc12. The van der Waals surface area contributed by atoms with E-state index in [1.165, 1.54) is 22.1 Å². The second-order valence-electron chi connectivity index (χ2n) is 7.79. The number of H-pyrrole nitrogens is 1. The van der Waals surface area contributed by atoms with Gasteiger partial charge in [-0.3, -0.25) is 4.79 Å². The first kappa shape index (κ1) is 18.0. The van der Waals surface area contributed by atoms with E-state index >= 15 is 0 Å². The summed E-state index contributed by atoms with van der Waals surface area (Å²) < 4.78 is 5.38. The molecule has 5 rings (SSSR count). The summed E-state index contributed by atoms with van der Waals surface area (Å²) in [6.45, 7) is 4.69. The zero-order valence-electron chi connectivity index (χ0n) is 16.6. The van der Waals surface area contributed by atoms with Gasteiger partial charge in [0.1, 0.15) is 0 Å². The predicted octanol–water partition coefficient (Wildman–Crippen LogP) is 4.69. The molecule has 1 N–H and O–H groups in total. The van der Waals surface area contributed by atoms with Gasteiger partial charge < -0.3 is 14.6 Å². The number of amides is 1. The summed E-state index contributed by atoms with van der Waals surface area (Å²) >= 11 is 0. The van der Waals surface area contributed by atoms with Crippen molar-refractivity contribution in [3.05, 3.63) is 82.9 Å². The van der Waals surface area contributed by atoms with Gasteiger partial charge >= 0.3 is 0 Å². The van der Waals surface area contributed by atoms with Gasteiger partial charge in [0.2, 0.25) is 0 Å². The second-order valence-corrected chi connectivity index (χ2v) is 7.79. The molecule has 4 heteroatoms. The molecule has 2 heterocycles. The van der Waals surface area contributed by atoms with Gasteiger partial charge in [-0.15, -0.1) is 0 Å². The van der Waals surface area contributed by atoms with Crippen molar-refractivity contribution in [3.8, 4) is 0 Å². The molecule has 0 spiro atoms. The van der Waals surface area contributed by atoms with E-state index in [9.17, 15) is 4.79 Å². The third kappa shape index (κ3) is 3.40. The fraction of sp³-hybridized carbons (Fsp3) is 0.240. The van der Waals surface area contributed by atoms with E-state index in [1.54, 1.807) is 0 Å². The molecule has 0 saturated carbocycles. The first-order valence-electron chi connectivity index (χ1n) is 10.1. The summed E-state index contributed by atoms with van der Waals surface area (Å²) in [6, 6.07) is 21.0. The first-order chi connectivity index (χ1) is 14.2. The Morgan fingerprint density at radius 2 is 1.76 bits per heavy atom. The average molecular weight is 384 g/mol. The second kappa shape index (κ2) is 7.37. The lowest BCUT2D eigenvalue weighted by atomic mass is 9.99. The number of aromatic amines is 1. The van der Waals surface area contributed by atoms with Crippen LogP contribution >= 0.6 is 0 Å². The van der Waals surface area contributed by atoms with Gasteiger partial charge in [0.15, 0.2) is 0 Å². The number of aryl methyl sites for hydroxylation is 1. The Kier molecular flexibility index (Phi) is 4.57. The zero-order valence-corrected chi connectivity index (χ0v) is 16.6. The van der Waals surface area contributed by atoms with E-state index in [0.29, 0.717) is 26.3 Å². The molecule has 0 atom stereocenters. The van der Waals surface area contributed by atoms with E-state index in [1.807, 2.05) is 29.2 Å². The molecule has 1 aliphatic rings. The Morgan fingerprint density at radius 1 is 0.966 bits per heavy atom. The Labute approximate surface area is 170 Å². The van der Waals surface area contributed by atoms with Crippen LogP contribution in [0.5, 0.6) is 0 Å². The first-order valence-corrected chi connectivity index (χ1v) is 10.1. The van der Waals surface area contributed by atoms with Crippen molar-refractivity contribution in [1.29, 1.82) is 0 Å². The van der Waals surface area contributed by atoms with E-state index in [4.69, 9.17) is 4.74 Å². The highest BCUT2D eigenvalue weighted by atomic mass is 16.5. The van der Waals surface area contributed by atoms with Gasteiger partial charge in [0.25, 0.3) is 5.91 Å². The predicted molar refractivity (Wildman–Crippen MR) is 117 cm³/mol. The van der Waals surface area contributed by atoms with Crippen LogP contribution in [0.2, 0.25) is 0 Å². The van der Waals surface area contributed by atoms with Gasteiger partial charge in [-0.05, 0) is 54.3 Å². The molecule has 1 amide bonds. The van der Waals surface area contributed by atoms with Gasteiger partial charge in [0.05, 0.1) is 13.2 Å².